The molecule has 1 saturated heterocycles. The Labute approximate surface area is 152 Å². The molecule has 0 radical (unpaired) electrons. The van der Waals surface area contributed by atoms with Gasteiger partial charge in [-0.05, 0) is 37.2 Å². The standard InChI is InChI=1S/C19H25N3O2S/c23-17-15-6-2-3-7-16(15)20-18(25)22(17)14-19(8-4-1-5-9-19)21-10-12-24-13-11-21/h2-3,6-7H,1,4-5,8-14H2,(H,20,25). The van der Waals surface area contributed by atoms with Gasteiger partial charge in [0.25, 0.3) is 5.56 Å². The molecule has 1 aromatic carbocycles. The number of aromatic nitrogens is 2. The van der Waals surface area contributed by atoms with Crippen LogP contribution in [-0.4, -0.2) is 46.3 Å². The highest BCUT2D eigenvalue weighted by atomic mass is 32.1. The molecular weight excluding hydrogens is 334 g/mol. The Bertz CT molecular complexity index is 861. The molecule has 0 atom stereocenters. The maximum Gasteiger partial charge on any atom is 0.262 e. The summed E-state index contributed by atoms with van der Waals surface area (Å²) in [5.41, 5.74) is 0.866. The van der Waals surface area contributed by atoms with E-state index in [-0.39, 0.29) is 11.1 Å². The normalized spacial score (nSPS) is 21.4. The molecular formula is C19H25N3O2S. The number of nitrogens with zero attached hydrogens (tertiary/aromatic N) is 2. The number of morpholine rings is 1. The van der Waals surface area contributed by atoms with Crippen molar-refractivity contribution in [1.82, 2.24) is 14.5 Å². The van der Waals surface area contributed by atoms with Gasteiger partial charge in [-0.2, -0.15) is 0 Å². The van der Waals surface area contributed by atoms with Gasteiger partial charge < -0.3 is 9.72 Å². The lowest BCUT2D eigenvalue weighted by atomic mass is 9.79. The van der Waals surface area contributed by atoms with Gasteiger partial charge in [0, 0.05) is 25.2 Å². The summed E-state index contributed by atoms with van der Waals surface area (Å²) in [7, 11) is 0. The van der Waals surface area contributed by atoms with Gasteiger partial charge >= 0.3 is 0 Å². The van der Waals surface area contributed by atoms with Crippen LogP contribution in [0.25, 0.3) is 10.9 Å². The van der Waals surface area contributed by atoms with Gasteiger partial charge in [-0.15, -0.1) is 0 Å². The Kier molecular flexibility index (Phi) is 4.75. The zero-order valence-electron chi connectivity index (χ0n) is 14.5. The van der Waals surface area contributed by atoms with Gasteiger partial charge in [0.15, 0.2) is 4.77 Å². The van der Waals surface area contributed by atoms with E-state index in [1.165, 1.54) is 19.3 Å². The summed E-state index contributed by atoms with van der Waals surface area (Å²) in [4.78, 5) is 18.9. The van der Waals surface area contributed by atoms with E-state index in [1.807, 2.05) is 24.3 Å². The summed E-state index contributed by atoms with van der Waals surface area (Å²) < 4.78 is 7.87. The van der Waals surface area contributed by atoms with Crippen molar-refractivity contribution in [2.45, 2.75) is 44.2 Å². The minimum absolute atomic E-state index is 0.0235. The highest BCUT2D eigenvalue weighted by Crippen LogP contribution is 2.35. The number of rotatable bonds is 3. The van der Waals surface area contributed by atoms with Crippen molar-refractivity contribution in [2.24, 2.45) is 0 Å². The first-order chi connectivity index (χ1) is 12.2. The second-order valence-corrected chi connectivity index (χ2v) is 7.64. The van der Waals surface area contributed by atoms with Crippen LogP contribution >= 0.6 is 12.2 Å². The first kappa shape index (κ1) is 16.9. The monoisotopic (exact) mass is 359 g/mol. The van der Waals surface area contributed by atoms with Gasteiger partial charge in [-0.1, -0.05) is 31.4 Å². The highest BCUT2D eigenvalue weighted by molar-refractivity contribution is 7.71. The molecule has 2 heterocycles. The smallest absolute Gasteiger partial charge is 0.262 e. The molecule has 5 nitrogen and oxygen atoms in total. The maximum absolute atomic E-state index is 13.1. The average molecular weight is 359 g/mol. The second-order valence-electron chi connectivity index (χ2n) is 7.25. The van der Waals surface area contributed by atoms with Crippen LogP contribution in [0.5, 0.6) is 0 Å². The number of aromatic amines is 1. The van der Waals surface area contributed by atoms with Crippen molar-refractivity contribution in [3.8, 4) is 0 Å². The quantitative estimate of drug-likeness (QED) is 0.856. The van der Waals surface area contributed by atoms with Crippen LogP contribution in [0, 0.1) is 4.77 Å². The second kappa shape index (κ2) is 7.02. The third kappa shape index (κ3) is 3.18. The van der Waals surface area contributed by atoms with Crippen molar-refractivity contribution in [2.75, 3.05) is 26.3 Å². The van der Waals surface area contributed by atoms with E-state index in [2.05, 4.69) is 9.88 Å². The molecule has 1 aromatic heterocycles. The number of fused-ring (bicyclic) bond motifs is 1. The Balaban J connectivity index is 1.76. The number of para-hydroxylation sites is 1. The fraction of sp³-hybridized carbons (Fsp3) is 0.579. The van der Waals surface area contributed by atoms with Crippen LogP contribution in [0.4, 0.5) is 0 Å². The fourth-order valence-corrected chi connectivity index (χ4v) is 4.72. The molecule has 1 aliphatic heterocycles. The Morgan fingerprint density at radius 1 is 1.12 bits per heavy atom. The van der Waals surface area contributed by atoms with Crippen LogP contribution in [0.15, 0.2) is 29.1 Å². The summed E-state index contributed by atoms with van der Waals surface area (Å²) in [6.07, 6.45) is 5.97. The molecule has 0 spiro atoms. The average Bonchev–Trinajstić information content (AvgIpc) is 2.67. The number of nitrogens with one attached hydrogen (secondary N) is 1. The van der Waals surface area contributed by atoms with Gasteiger partial charge in [0.2, 0.25) is 0 Å². The van der Waals surface area contributed by atoms with E-state index >= 15 is 0 Å². The van der Waals surface area contributed by atoms with E-state index in [4.69, 9.17) is 17.0 Å². The van der Waals surface area contributed by atoms with Crippen LogP contribution in [0.1, 0.15) is 32.1 Å². The van der Waals surface area contributed by atoms with E-state index in [1.54, 1.807) is 4.57 Å². The third-order valence-corrected chi connectivity index (χ3v) is 6.13. The van der Waals surface area contributed by atoms with Crippen molar-refractivity contribution < 1.29 is 4.74 Å². The Morgan fingerprint density at radius 2 is 1.84 bits per heavy atom. The van der Waals surface area contributed by atoms with E-state index < -0.39 is 0 Å². The SMILES string of the molecule is O=c1c2ccccc2[nH]c(=S)n1CC1(N2CCOCC2)CCCCC1. The molecule has 0 amide bonds. The molecule has 25 heavy (non-hydrogen) atoms. The van der Waals surface area contributed by atoms with Gasteiger partial charge in [-0.25, -0.2) is 0 Å². The topological polar surface area (TPSA) is 50.3 Å². The lowest BCUT2D eigenvalue weighted by Gasteiger charge is -2.48. The van der Waals surface area contributed by atoms with Crippen LogP contribution in [0.3, 0.4) is 0 Å². The van der Waals surface area contributed by atoms with Crippen molar-refractivity contribution >= 4 is 23.1 Å². The number of hydrogen-bond donors (Lipinski definition) is 1. The third-order valence-electron chi connectivity index (χ3n) is 5.81. The maximum atomic E-state index is 13.1. The Morgan fingerprint density at radius 3 is 2.60 bits per heavy atom. The lowest BCUT2D eigenvalue weighted by molar-refractivity contribution is -0.0451. The molecule has 4 rings (SSSR count). The van der Waals surface area contributed by atoms with E-state index in [9.17, 15) is 4.79 Å². The molecule has 2 aliphatic rings. The van der Waals surface area contributed by atoms with Gasteiger partial charge in [0.05, 0.1) is 24.1 Å². The predicted molar refractivity (Wildman–Crippen MR) is 102 cm³/mol. The lowest BCUT2D eigenvalue weighted by Crippen LogP contribution is -2.57. The summed E-state index contributed by atoms with van der Waals surface area (Å²) >= 11 is 5.55. The zero-order valence-corrected chi connectivity index (χ0v) is 15.3. The molecule has 134 valence electrons. The summed E-state index contributed by atoms with van der Waals surface area (Å²) in [6.45, 7) is 4.12. The Hall–Kier alpha value is -1.50. The first-order valence-corrected chi connectivity index (χ1v) is 9.65. The van der Waals surface area contributed by atoms with Crippen molar-refractivity contribution in [3.05, 3.63) is 39.4 Å². The zero-order chi connectivity index (χ0) is 17.3. The first-order valence-electron chi connectivity index (χ1n) is 9.24. The number of H-pyrrole nitrogens is 1. The molecule has 1 N–H and O–H groups in total. The van der Waals surface area contributed by atoms with E-state index in [0.29, 0.717) is 16.7 Å². The number of benzene rings is 1. The van der Waals surface area contributed by atoms with Crippen LogP contribution in [0.2, 0.25) is 0 Å². The van der Waals surface area contributed by atoms with Crippen LogP contribution < -0.4 is 5.56 Å². The molecule has 1 saturated carbocycles. The van der Waals surface area contributed by atoms with Crippen molar-refractivity contribution in [1.29, 1.82) is 0 Å². The molecule has 2 fully saturated rings. The van der Waals surface area contributed by atoms with Gasteiger partial charge in [0.1, 0.15) is 0 Å². The number of ether oxygens (including phenoxy) is 1. The summed E-state index contributed by atoms with van der Waals surface area (Å²) in [5, 5.41) is 0.712. The van der Waals surface area contributed by atoms with E-state index in [0.717, 1.165) is 44.7 Å². The number of hydrogen-bond acceptors (Lipinski definition) is 4. The summed E-state index contributed by atoms with van der Waals surface area (Å²) in [6, 6.07) is 7.62. The molecule has 0 unspecified atom stereocenters. The van der Waals surface area contributed by atoms with Crippen LogP contribution in [-0.2, 0) is 11.3 Å². The molecule has 2 aromatic rings. The molecule has 6 heteroatoms. The predicted octanol–water partition coefficient (Wildman–Crippen LogP) is 3.09. The molecule has 0 bridgehead atoms. The van der Waals surface area contributed by atoms with Crippen molar-refractivity contribution in [3.63, 3.8) is 0 Å². The minimum atomic E-state index is 0.0235. The summed E-state index contributed by atoms with van der Waals surface area (Å²) in [5.74, 6) is 0. The molecule has 1 aliphatic carbocycles. The minimum Gasteiger partial charge on any atom is -0.379 e. The largest absolute Gasteiger partial charge is 0.379 e. The van der Waals surface area contributed by atoms with Gasteiger partial charge in [-0.3, -0.25) is 14.3 Å². The fourth-order valence-electron chi connectivity index (χ4n) is 4.46. The highest BCUT2D eigenvalue weighted by Gasteiger charge is 2.39.